The largest absolute Gasteiger partial charge is 0.455 e. The molecule has 2 bridgehead atoms. The monoisotopic (exact) mass is 1000 g/mol. The third-order valence-corrected chi connectivity index (χ3v) is 14.9. The number of benzene rings is 3. The van der Waals surface area contributed by atoms with Gasteiger partial charge in [-0.05, 0) is 75.6 Å². The number of para-hydroxylation sites is 1. The molecular formula is C55H60N2O16. The minimum atomic E-state index is -2.48. The van der Waals surface area contributed by atoms with E-state index in [9.17, 15) is 34.2 Å². The molecule has 0 radical (unpaired) electrons. The van der Waals surface area contributed by atoms with E-state index in [1.807, 2.05) is 0 Å². The summed E-state index contributed by atoms with van der Waals surface area (Å²) in [7, 11) is 0. The molecule has 1 saturated heterocycles. The highest BCUT2D eigenvalue weighted by molar-refractivity contribution is 5.97. The number of Topliss-reactive ketones (excluding diaryl/α,β-unsaturated/α-hetero) is 1. The standard InChI is InChI=1S/C55H60N2O16/c1-29-37(69-49(64)43(70-48(63)35-24-34-22-16-17-23-36(34)56-27-35)41(32-18-12-10-13-19-32)57-50(65)73-51(4,5)6)26-55(66)46(71-47(62)33-20-14-11-15-21-33)44-53(9,38(60)25-39-54(44,28-67-39)72-31(3)59)45(61)42(68-30(2)58)40(29)52(55,7)8/h10-24,27,37-39,41-44,46,60,66H,25-26,28H2,1-9H3,(H,57,65)/t37-,38-,39+,41-,42+,43+,44-,46-,53+,54-,55+/m0/s1. The molecule has 1 aromatic heterocycles. The number of pyridine rings is 1. The van der Waals surface area contributed by atoms with Crippen LogP contribution in [-0.4, -0.2) is 117 Å². The van der Waals surface area contributed by atoms with E-state index in [4.69, 9.17) is 33.2 Å². The predicted octanol–water partition coefficient (Wildman–Crippen LogP) is 6.24. The number of amides is 1. The van der Waals surface area contributed by atoms with Crippen molar-refractivity contribution in [3.05, 3.63) is 125 Å². The van der Waals surface area contributed by atoms with E-state index in [0.717, 1.165) is 13.8 Å². The Labute approximate surface area is 421 Å². The molecule has 3 N–H and O–H groups in total. The zero-order valence-electron chi connectivity index (χ0n) is 42.0. The molecule has 18 heteroatoms. The molecule has 1 amide bonds. The third kappa shape index (κ3) is 9.47. The quantitative estimate of drug-likeness (QED) is 0.0854. The van der Waals surface area contributed by atoms with E-state index in [-0.39, 0.29) is 40.9 Å². The van der Waals surface area contributed by atoms with Gasteiger partial charge in [0.15, 0.2) is 17.5 Å². The number of alkyl carbamates (subject to hydrolysis) is 1. The molecule has 4 aromatic rings. The number of carbonyl (C=O) groups is 7. The summed E-state index contributed by atoms with van der Waals surface area (Å²) in [6, 6.07) is 22.9. The Morgan fingerprint density at radius 2 is 1.48 bits per heavy atom. The first-order valence-corrected chi connectivity index (χ1v) is 24.0. The van der Waals surface area contributed by atoms with Crippen LogP contribution >= 0.6 is 0 Å². The maximum Gasteiger partial charge on any atom is 0.408 e. The van der Waals surface area contributed by atoms with Crippen LogP contribution in [-0.2, 0) is 52.3 Å². The number of ketones is 1. The fraction of sp³-hybridized carbons (Fsp3) is 0.455. The van der Waals surface area contributed by atoms with Gasteiger partial charge in [-0.1, -0.05) is 80.6 Å². The van der Waals surface area contributed by atoms with Gasteiger partial charge < -0.3 is 48.7 Å². The predicted molar refractivity (Wildman–Crippen MR) is 258 cm³/mol. The molecular weight excluding hydrogens is 945 g/mol. The van der Waals surface area contributed by atoms with Crippen LogP contribution in [0, 0.1) is 16.7 Å². The highest BCUT2D eigenvalue weighted by Crippen LogP contribution is 2.64. The van der Waals surface area contributed by atoms with Crippen molar-refractivity contribution in [2.45, 2.75) is 135 Å². The Morgan fingerprint density at radius 3 is 2.10 bits per heavy atom. The van der Waals surface area contributed by atoms with Gasteiger partial charge in [-0.3, -0.25) is 19.4 Å². The summed E-state index contributed by atoms with van der Waals surface area (Å²) < 4.78 is 42.6. The summed E-state index contributed by atoms with van der Waals surface area (Å²) >= 11 is 0. The van der Waals surface area contributed by atoms with Crippen LogP contribution in [0.3, 0.4) is 0 Å². The Balaban J connectivity index is 1.31. The number of aromatic nitrogens is 1. The van der Waals surface area contributed by atoms with Crippen LogP contribution in [0.15, 0.2) is 108 Å². The maximum atomic E-state index is 15.8. The number of aliphatic hydroxyl groups excluding tert-OH is 1. The Kier molecular flexibility index (Phi) is 13.9. The van der Waals surface area contributed by atoms with Crippen LogP contribution in [0.5, 0.6) is 0 Å². The van der Waals surface area contributed by atoms with E-state index < -0.39 is 124 Å². The highest BCUT2D eigenvalue weighted by atomic mass is 16.6. The van der Waals surface area contributed by atoms with Crippen LogP contribution < -0.4 is 5.32 Å². The van der Waals surface area contributed by atoms with Crippen LogP contribution in [0.4, 0.5) is 4.79 Å². The summed E-state index contributed by atoms with van der Waals surface area (Å²) in [5, 5.41) is 29.5. The second-order valence-electron chi connectivity index (χ2n) is 21.0. The molecule has 73 heavy (non-hydrogen) atoms. The minimum Gasteiger partial charge on any atom is -0.455 e. The van der Waals surface area contributed by atoms with E-state index >= 15 is 9.59 Å². The van der Waals surface area contributed by atoms with Crippen molar-refractivity contribution in [2.24, 2.45) is 16.7 Å². The lowest BCUT2D eigenvalue weighted by Gasteiger charge is -2.67. The molecule has 1 aliphatic heterocycles. The fourth-order valence-electron chi connectivity index (χ4n) is 11.3. The van der Waals surface area contributed by atoms with Crippen molar-refractivity contribution in [1.29, 1.82) is 0 Å². The average Bonchev–Trinajstić information content (AvgIpc) is 3.33. The molecule has 0 spiro atoms. The van der Waals surface area contributed by atoms with Gasteiger partial charge in [-0.25, -0.2) is 19.2 Å². The van der Waals surface area contributed by atoms with E-state index in [1.165, 1.54) is 38.2 Å². The number of hydrogen-bond acceptors (Lipinski definition) is 17. The van der Waals surface area contributed by atoms with Crippen LogP contribution in [0.25, 0.3) is 10.9 Å². The Morgan fingerprint density at radius 1 is 0.836 bits per heavy atom. The fourth-order valence-corrected chi connectivity index (χ4v) is 11.3. The van der Waals surface area contributed by atoms with Gasteiger partial charge in [0.05, 0.1) is 40.7 Å². The number of aliphatic hydroxyl groups is 2. The van der Waals surface area contributed by atoms with E-state index in [0.29, 0.717) is 10.9 Å². The molecule has 11 atom stereocenters. The molecule has 8 rings (SSSR count). The number of carbonyl (C=O) groups excluding carboxylic acids is 7. The lowest BCUT2D eigenvalue weighted by atomic mass is 9.44. The second kappa shape index (κ2) is 19.4. The Bertz CT molecular complexity index is 2880. The van der Waals surface area contributed by atoms with E-state index in [1.54, 1.807) is 107 Å². The molecule has 2 saturated carbocycles. The molecule has 3 aliphatic carbocycles. The average molecular weight is 1010 g/mol. The first-order chi connectivity index (χ1) is 34.3. The van der Waals surface area contributed by atoms with Crippen LogP contribution in [0.1, 0.15) is 107 Å². The topological polar surface area (TPSA) is 249 Å². The number of rotatable bonds is 11. The van der Waals surface area contributed by atoms with Gasteiger partial charge in [-0.15, -0.1) is 0 Å². The number of fused-ring (bicyclic) bond motifs is 6. The first kappa shape index (κ1) is 52.3. The van der Waals surface area contributed by atoms with E-state index in [2.05, 4.69) is 10.3 Å². The molecule has 18 nitrogen and oxygen atoms in total. The van der Waals surface area contributed by atoms with Crippen molar-refractivity contribution >= 4 is 52.6 Å². The molecule has 386 valence electrons. The lowest BCUT2D eigenvalue weighted by Crippen LogP contribution is -2.82. The summed E-state index contributed by atoms with van der Waals surface area (Å²) in [4.78, 5) is 104. The second-order valence-corrected chi connectivity index (χ2v) is 21.0. The minimum absolute atomic E-state index is 0.0394. The number of hydrogen-bond donors (Lipinski definition) is 3. The number of nitrogens with one attached hydrogen (secondary N) is 1. The first-order valence-electron chi connectivity index (χ1n) is 24.0. The van der Waals surface area contributed by atoms with Crippen molar-refractivity contribution in [3.63, 3.8) is 0 Å². The number of nitrogens with zero attached hydrogens (tertiary/aromatic N) is 1. The molecule has 3 aromatic carbocycles. The van der Waals surface area contributed by atoms with Gasteiger partial charge in [0, 0.05) is 43.7 Å². The molecule has 4 aliphatic rings. The molecule has 2 heterocycles. The summed E-state index contributed by atoms with van der Waals surface area (Å²) in [6.45, 7) is 12.8. The zero-order valence-corrected chi connectivity index (χ0v) is 42.0. The van der Waals surface area contributed by atoms with Crippen molar-refractivity contribution in [3.8, 4) is 0 Å². The summed E-state index contributed by atoms with van der Waals surface area (Å²) in [5.41, 5.74) is -8.29. The number of ether oxygens (including phenoxy) is 7. The number of esters is 5. The molecule has 0 unspecified atom stereocenters. The zero-order chi connectivity index (χ0) is 53.0. The third-order valence-electron chi connectivity index (χ3n) is 14.9. The SMILES string of the molecule is CC(=O)O[C@H]1C(=O)[C@@]2(C)[C@H]([C@H](OC(=O)c3ccccc3)[C@]3(O)C[C@H](OC(=O)[C@H](OC(=O)c4cnc5ccccc5c4)[C@@H](NC(=O)OC(C)(C)C)c4ccccc4)C(C)=C1C3(C)C)[C@]1(OC(C)=O)CO[C@@H]1C[C@@H]2O. The highest BCUT2D eigenvalue weighted by Gasteiger charge is 2.78. The van der Waals surface area contributed by atoms with Gasteiger partial charge in [0.25, 0.3) is 0 Å². The van der Waals surface area contributed by atoms with Crippen molar-refractivity contribution in [1.82, 2.24) is 10.3 Å². The van der Waals surface area contributed by atoms with Gasteiger partial charge in [-0.2, -0.15) is 0 Å². The summed E-state index contributed by atoms with van der Waals surface area (Å²) in [5.74, 6) is -7.50. The normalized spacial score (nSPS) is 29.0. The van der Waals surface area contributed by atoms with Crippen LogP contribution in [0.2, 0.25) is 0 Å². The maximum absolute atomic E-state index is 15.8. The van der Waals surface area contributed by atoms with Crippen molar-refractivity contribution < 1.29 is 76.9 Å². The summed E-state index contributed by atoms with van der Waals surface area (Å²) in [6.07, 6.45) is -10.7. The lowest BCUT2D eigenvalue weighted by molar-refractivity contribution is -0.346. The smallest absolute Gasteiger partial charge is 0.408 e. The Hall–Kier alpha value is -7.02. The van der Waals surface area contributed by atoms with Crippen molar-refractivity contribution in [2.75, 3.05) is 6.61 Å². The van der Waals surface area contributed by atoms with Gasteiger partial charge in [0.1, 0.15) is 35.6 Å². The van der Waals surface area contributed by atoms with Gasteiger partial charge >= 0.3 is 35.9 Å². The molecule has 3 fully saturated rings. The van der Waals surface area contributed by atoms with Gasteiger partial charge in [0.2, 0.25) is 6.10 Å².